The highest BCUT2D eigenvalue weighted by Crippen LogP contribution is 2.42. The molecule has 0 spiro atoms. The average molecular weight is 519 g/mol. The third-order valence-electron chi connectivity index (χ3n) is 6.58. The van der Waals surface area contributed by atoms with Crippen LogP contribution in [0.4, 0.5) is 0 Å². The number of carbonyl (C=O) groups excluding carboxylic acids is 2. The van der Waals surface area contributed by atoms with Crippen LogP contribution < -0.4 is 9.47 Å². The number of nitrogens with zero attached hydrogens (tertiary/aromatic N) is 4. The Morgan fingerprint density at radius 1 is 1.18 bits per heavy atom. The Balaban J connectivity index is 1.91. The van der Waals surface area contributed by atoms with Crippen molar-refractivity contribution in [1.29, 1.82) is 0 Å². The number of aryl methyl sites for hydroxylation is 2. The van der Waals surface area contributed by atoms with Crippen LogP contribution in [0.2, 0.25) is 0 Å². The van der Waals surface area contributed by atoms with E-state index in [9.17, 15) is 14.7 Å². The standard InChI is InChI=1S/C29H34N4O5/c1-7-16-38-21-12-11-20(17-22(21)37-8-2)25-23(27(35)29(36)33(25)15-14-31(5)6)26(34)24-19(4)32-13-9-10-18(3)28(32)30-24/h7,9-13,17,25,34H,1,8,14-16H2,2-6H3/b26-23+. The lowest BCUT2D eigenvalue weighted by Gasteiger charge is -2.27. The lowest BCUT2D eigenvalue weighted by molar-refractivity contribution is -0.140. The van der Waals surface area contributed by atoms with Crippen LogP contribution in [0.1, 0.15) is 35.5 Å². The Morgan fingerprint density at radius 3 is 2.61 bits per heavy atom. The van der Waals surface area contributed by atoms with E-state index in [1.54, 1.807) is 24.3 Å². The van der Waals surface area contributed by atoms with Gasteiger partial charge in [-0.3, -0.25) is 9.59 Å². The number of aromatic nitrogens is 2. The average Bonchev–Trinajstić information content (AvgIpc) is 3.36. The molecule has 1 saturated heterocycles. The number of carbonyl (C=O) groups is 2. The van der Waals surface area contributed by atoms with Gasteiger partial charge < -0.3 is 28.8 Å². The number of ketones is 1. The van der Waals surface area contributed by atoms with Crippen molar-refractivity contribution in [3.05, 3.63) is 77.3 Å². The summed E-state index contributed by atoms with van der Waals surface area (Å²) in [5.74, 6) is -0.714. The Labute approximate surface area is 222 Å². The molecule has 4 rings (SSSR count). The predicted molar refractivity (Wildman–Crippen MR) is 146 cm³/mol. The number of benzene rings is 1. The molecule has 200 valence electrons. The third kappa shape index (κ3) is 4.89. The van der Waals surface area contributed by atoms with Crippen molar-refractivity contribution >= 4 is 23.1 Å². The van der Waals surface area contributed by atoms with Crippen molar-refractivity contribution in [3.63, 3.8) is 0 Å². The van der Waals surface area contributed by atoms with E-state index in [1.807, 2.05) is 62.5 Å². The van der Waals surface area contributed by atoms with E-state index < -0.39 is 17.7 Å². The van der Waals surface area contributed by atoms with Gasteiger partial charge in [-0.15, -0.1) is 0 Å². The summed E-state index contributed by atoms with van der Waals surface area (Å²) in [6.07, 6.45) is 3.49. The second-order valence-electron chi connectivity index (χ2n) is 9.47. The van der Waals surface area contributed by atoms with Crippen LogP contribution in [0.25, 0.3) is 11.4 Å². The van der Waals surface area contributed by atoms with Crippen molar-refractivity contribution in [3.8, 4) is 11.5 Å². The maximum atomic E-state index is 13.4. The van der Waals surface area contributed by atoms with Crippen LogP contribution in [-0.2, 0) is 9.59 Å². The molecule has 9 heteroatoms. The van der Waals surface area contributed by atoms with Crippen LogP contribution >= 0.6 is 0 Å². The van der Waals surface area contributed by atoms with Gasteiger partial charge in [-0.2, -0.15) is 0 Å². The van der Waals surface area contributed by atoms with Crippen LogP contribution in [0.15, 0.2) is 54.8 Å². The van der Waals surface area contributed by atoms with E-state index in [1.165, 1.54) is 4.90 Å². The number of imidazole rings is 1. The third-order valence-corrected chi connectivity index (χ3v) is 6.58. The number of hydrogen-bond donors (Lipinski definition) is 1. The number of pyridine rings is 1. The zero-order chi connectivity index (χ0) is 27.6. The molecule has 1 N–H and O–H groups in total. The molecule has 0 saturated carbocycles. The van der Waals surface area contributed by atoms with Gasteiger partial charge in [-0.25, -0.2) is 4.98 Å². The molecular formula is C29H34N4O5. The van der Waals surface area contributed by atoms with Gasteiger partial charge in [0, 0.05) is 19.3 Å². The van der Waals surface area contributed by atoms with Gasteiger partial charge in [0.25, 0.3) is 11.7 Å². The number of likely N-dealkylation sites (N-methyl/N-ethyl adjacent to an activating group) is 1. The predicted octanol–water partition coefficient (Wildman–Crippen LogP) is 3.90. The highest BCUT2D eigenvalue weighted by Gasteiger charge is 2.46. The van der Waals surface area contributed by atoms with Gasteiger partial charge in [0.15, 0.2) is 17.3 Å². The van der Waals surface area contributed by atoms with Gasteiger partial charge in [0.1, 0.15) is 17.9 Å². The first-order chi connectivity index (χ1) is 18.2. The summed E-state index contributed by atoms with van der Waals surface area (Å²) in [5, 5.41) is 11.6. The second-order valence-corrected chi connectivity index (χ2v) is 9.47. The molecule has 1 unspecified atom stereocenters. The minimum Gasteiger partial charge on any atom is -0.505 e. The summed E-state index contributed by atoms with van der Waals surface area (Å²) < 4.78 is 13.4. The lowest BCUT2D eigenvalue weighted by atomic mass is 9.96. The highest BCUT2D eigenvalue weighted by atomic mass is 16.5. The molecule has 3 heterocycles. The Hall–Kier alpha value is -4.11. The summed E-state index contributed by atoms with van der Waals surface area (Å²) in [4.78, 5) is 34.8. The van der Waals surface area contributed by atoms with Crippen molar-refractivity contribution in [1.82, 2.24) is 19.2 Å². The van der Waals surface area contributed by atoms with Crippen LogP contribution in [-0.4, -0.2) is 76.4 Å². The molecule has 1 aromatic carbocycles. The summed E-state index contributed by atoms with van der Waals surface area (Å²) in [7, 11) is 3.79. The number of hydrogen-bond acceptors (Lipinski definition) is 7. The molecule has 1 aliphatic rings. The van der Waals surface area contributed by atoms with Crippen LogP contribution in [0.3, 0.4) is 0 Å². The lowest BCUT2D eigenvalue weighted by Crippen LogP contribution is -2.35. The van der Waals surface area contributed by atoms with Crippen molar-refractivity contribution < 1.29 is 24.2 Å². The minimum absolute atomic E-state index is 0.000115. The molecule has 1 aliphatic heterocycles. The number of fused-ring (bicyclic) bond motifs is 1. The Bertz CT molecular complexity index is 1420. The molecule has 0 aliphatic carbocycles. The molecule has 0 radical (unpaired) electrons. The van der Waals surface area contributed by atoms with E-state index in [0.717, 1.165) is 5.56 Å². The fourth-order valence-corrected chi connectivity index (χ4v) is 4.67. The molecule has 1 amide bonds. The maximum Gasteiger partial charge on any atom is 0.295 e. The molecule has 1 fully saturated rings. The van der Waals surface area contributed by atoms with Gasteiger partial charge >= 0.3 is 0 Å². The minimum atomic E-state index is -0.826. The molecule has 3 aromatic rings. The van der Waals surface area contributed by atoms with E-state index in [4.69, 9.17) is 9.47 Å². The van der Waals surface area contributed by atoms with Crippen molar-refractivity contribution in [2.45, 2.75) is 26.8 Å². The first-order valence-corrected chi connectivity index (χ1v) is 12.6. The maximum absolute atomic E-state index is 13.4. The smallest absolute Gasteiger partial charge is 0.295 e. The van der Waals surface area contributed by atoms with Crippen LogP contribution in [0, 0.1) is 13.8 Å². The fourth-order valence-electron chi connectivity index (χ4n) is 4.67. The van der Waals surface area contributed by atoms with Gasteiger partial charge in [-0.1, -0.05) is 24.8 Å². The fraction of sp³-hybridized carbons (Fsp3) is 0.345. The number of likely N-dealkylation sites (tertiary alicyclic amines) is 1. The van der Waals surface area contributed by atoms with Gasteiger partial charge in [0.05, 0.1) is 23.9 Å². The number of aliphatic hydroxyl groups is 1. The number of rotatable bonds is 10. The molecule has 1 atom stereocenters. The first-order valence-electron chi connectivity index (χ1n) is 12.6. The zero-order valence-corrected chi connectivity index (χ0v) is 22.5. The van der Waals surface area contributed by atoms with Crippen molar-refractivity contribution in [2.75, 3.05) is 40.4 Å². The quantitative estimate of drug-likeness (QED) is 0.188. The van der Waals surface area contributed by atoms with E-state index in [2.05, 4.69) is 11.6 Å². The topological polar surface area (TPSA) is 96.6 Å². The van der Waals surface area contributed by atoms with E-state index >= 15 is 0 Å². The van der Waals surface area contributed by atoms with Crippen LogP contribution in [0.5, 0.6) is 11.5 Å². The zero-order valence-electron chi connectivity index (χ0n) is 22.5. The molecule has 38 heavy (non-hydrogen) atoms. The normalized spacial score (nSPS) is 17.0. The summed E-state index contributed by atoms with van der Waals surface area (Å²) in [6.45, 7) is 10.8. The van der Waals surface area contributed by atoms with Crippen molar-refractivity contribution in [2.24, 2.45) is 0 Å². The number of ether oxygens (including phenoxy) is 2. The number of amides is 1. The second kappa shape index (κ2) is 11.1. The van der Waals surface area contributed by atoms with E-state index in [-0.39, 0.29) is 17.0 Å². The number of Topliss-reactive ketones (excluding diaryl/α,β-unsaturated/α-hetero) is 1. The molecule has 9 nitrogen and oxygen atoms in total. The molecule has 2 aromatic heterocycles. The Morgan fingerprint density at radius 2 is 1.95 bits per heavy atom. The summed E-state index contributed by atoms with van der Waals surface area (Å²) in [5.41, 5.74) is 3.16. The summed E-state index contributed by atoms with van der Waals surface area (Å²) in [6, 6.07) is 8.29. The number of aliphatic hydroxyl groups excluding tert-OH is 1. The first kappa shape index (κ1) is 26.9. The molecular weight excluding hydrogens is 484 g/mol. The molecule has 0 bridgehead atoms. The summed E-state index contributed by atoms with van der Waals surface area (Å²) >= 11 is 0. The Kier molecular flexibility index (Phi) is 7.87. The van der Waals surface area contributed by atoms with Gasteiger partial charge in [0.2, 0.25) is 0 Å². The van der Waals surface area contributed by atoms with Gasteiger partial charge in [-0.05, 0) is 64.2 Å². The largest absolute Gasteiger partial charge is 0.505 e. The van der Waals surface area contributed by atoms with E-state index in [0.29, 0.717) is 54.7 Å². The highest BCUT2D eigenvalue weighted by molar-refractivity contribution is 6.46. The monoisotopic (exact) mass is 518 g/mol. The SMILES string of the molecule is C=CCOc1ccc(C2/C(=C(\O)c3nc4c(C)cccn4c3C)C(=O)C(=O)N2CCN(C)C)cc1OCC.